The number of nitrogen functional groups attached to an aromatic ring is 1. The summed E-state index contributed by atoms with van der Waals surface area (Å²) in [7, 11) is 0. The molecule has 0 spiro atoms. The van der Waals surface area contributed by atoms with Gasteiger partial charge >= 0.3 is 0 Å². The fraction of sp³-hybridized carbons (Fsp3) is 0.571. The Bertz CT molecular complexity index is 494. The lowest BCUT2D eigenvalue weighted by Crippen LogP contribution is -2.50. The van der Waals surface area contributed by atoms with Crippen LogP contribution < -0.4 is 11.1 Å². The maximum atomic E-state index is 12.0. The first-order valence-electron chi connectivity index (χ1n) is 7.08. The van der Waals surface area contributed by atoms with Crippen molar-refractivity contribution in [2.24, 2.45) is 0 Å². The third kappa shape index (κ3) is 2.91. The van der Waals surface area contributed by atoms with Crippen LogP contribution in [0, 0.1) is 0 Å². The smallest absolute Gasteiger partial charge is 0.270 e. The van der Waals surface area contributed by atoms with Gasteiger partial charge in [0.15, 0.2) is 0 Å². The molecule has 3 heterocycles. The van der Waals surface area contributed by atoms with E-state index in [4.69, 9.17) is 10.5 Å². The number of hydrogen-bond donors (Lipinski definition) is 2. The first-order valence-corrected chi connectivity index (χ1v) is 7.08. The number of ether oxygens (including phenoxy) is 1. The number of nitrogens with two attached hydrogens (primary N) is 1. The van der Waals surface area contributed by atoms with Gasteiger partial charge in [-0.15, -0.1) is 0 Å². The molecule has 0 aliphatic carbocycles. The molecule has 6 nitrogen and oxygen atoms in total. The Morgan fingerprint density at radius 2 is 2.50 bits per heavy atom. The van der Waals surface area contributed by atoms with Gasteiger partial charge in [0.1, 0.15) is 5.69 Å². The van der Waals surface area contributed by atoms with Gasteiger partial charge in [-0.3, -0.25) is 14.7 Å². The second-order valence-corrected chi connectivity index (χ2v) is 5.43. The third-order valence-electron chi connectivity index (χ3n) is 3.97. The number of anilines is 1. The van der Waals surface area contributed by atoms with Crippen molar-refractivity contribution in [2.45, 2.75) is 25.0 Å². The molecule has 108 valence electrons. The van der Waals surface area contributed by atoms with E-state index in [0.29, 0.717) is 24.0 Å². The average Bonchev–Trinajstić information content (AvgIpc) is 2.92. The molecule has 1 aromatic heterocycles. The van der Waals surface area contributed by atoms with E-state index in [0.717, 1.165) is 19.7 Å². The highest BCUT2D eigenvalue weighted by Crippen LogP contribution is 2.22. The Kier molecular flexibility index (Phi) is 3.84. The molecular weight excluding hydrogens is 256 g/mol. The van der Waals surface area contributed by atoms with Crippen molar-refractivity contribution in [1.29, 1.82) is 0 Å². The number of fused-ring (bicyclic) bond motifs is 1. The summed E-state index contributed by atoms with van der Waals surface area (Å²) in [5.74, 6) is -0.204. The lowest BCUT2D eigenvalue weighted by molar-refractivity contribution is -0.0462. The summed E-state index contributed by atoms with van der Waals surface area (Å²) in [6.07, 6.45) is 4.08. The quantitative estimate of drug-likeness (QED) is 0.827. The standard InChI is InChI=1S/C14H20N4O2/c15-10-3-4-16-13(6-10)14(19)17-7-12-8-18-5-1-2-11(18)9-20-12/h3-4,6,11-12H,1-2,5,7-9H2,(H2,15,16)(H,17,19). The molecule has 3 N–H and O–H groups in total. The van der Waals surface area contributed by atoms with E-state index in [-0.39, 0.29) is 12.0 Å². The van der Waals surface area contributed by atoms with Crippen molar-refractivity contribution in [2.75, 3.05) is 32.0 Å². The van der Waals surface area contributed by atoms with Gasteiger partial charge in [0.05, 0.1) is 12.7 Å². The molecule has 0 radical (unpaired) electrons. The molecule has 2 aliphatic rings. The molecule has 1 aromatic rings. The number of nitrogens with zero attached hydrogens (tertiary/aromatic N) is 2. The largest absolute Gasteiger partial charge is 0.399 e. The summed E-state index contributed by atoms with van der Waals surface area (Å²) in [5, 5.41) is 2.87. The molecule has 2 saturated heterocycles. The maximum Gasteiger partial charge on any atom is 0.270 e. The van der Waals surface area contributed by atoms with Crippen molar-refractivity contribution >= 4 is 11.6 Å². The molecule has 1 amide bonds. The van der Waals surface area contributed by atoms with Gasteiger partial charge in [-0.2, -0.15) is 0 Å². The Labute approximate surface area is 118 Å². The summed E-state index contributed by atoms with van der Waals surface area (Å²) in [6.45, 7) is 3.33. The summed E-state index contributed by atoms with van der Waals surface area (Å²) < 4.78 is 5.80. The molecule has 0 aromatic carbocycles. The van der Waals surface area contributed by atoms with E-state index < -0.39 is 0 Å². The topological polar surface area (TPSA) is 80.5 Å². The minimum Gasteiger partial charge on any atom is -0.399 e. The number of aromatic nitrogens is 1. The molecule has 2 atom stereocenters. The van der Waals surface area contributed by atoms with Gasteiger partial charge in [0, 0.05) is 31.0 Å². The lowest BCUT2D eigenvalue weighted by atomic mass is 10.2. The van der Waals surface area contributed by atoms with Crippen LogP contribution in [0.1, 0.15) is 23.3 Å². The minimum atomic E-state index is -0.204. The van der Waals surface area contributed by atoms with Gasteiger partial charge in [0.2, 0.25) is 0 Å². The average molecular weight is 276 g/mol. The predicted molar refractivity (Wildman–Crippen MR) is 75.3 cm³/mol. The maximum absolute atomic E-state index is 12.0. The van der Waals surface area contributed by atoms with Crippen LogP contribution in [-0.2, 0) is 4.74 Å². The fourth-order valence-electron chi connectivity index (χ4n) is 2.88. The van der Waals surface area contributed by atoms with Crippen LogP contribution in [0.2, 0.25) is 0 Å². The minimum absolute atomic E-state index is 0.0642. The van der Waals surface area contributed by atoms with E-state index in [9.17, 15) is 4.79 Å². The first kappa shape index (κ1) is 13.3. The van der Waals surface area contributed by atoms with E-state index in [2.05, 4.69) is 15.2 Å². The Hall–Kier alpha value is -1.66. The number of pyridine rings is 1. The van der Waals surface area contributed by atoms with Crippen LogP contribution >= 0.6 is 0 Å². The second kappa shape index (κ2) is 5.76. The van der Waals surface area contributed by atoms with E-state index in [1.165, 1.54) is 19.0 Å². The molecule has 2 unspecified atom stereocenters. The number of carbonyl (C=O) groups excluding carboxylic acids is 1. The monoisotopic (exact) mass is 276 g/mol. The Balaban J connectivity index is 1.51. The normalized spacial score (nSPS) is 26.2. The molecule has 2 fully saturated rings. The van der Waals surface area contributed by atoms with Crippen molar-refractivity contribution in [3.8, 4) is 0 Å². The number of nitrogens with one attached hydrogen (secondary N) is 1. The van der Waals surface area contributed by atoms with Crippen LogP contribution in [-0.4, -0.2) is 54.2 Å². The predicted octanol–water partition coefficient (Wildman–Crippen LogP) is 0.257. The van der Waals surface area contributed by atoms with Crippen LogP contribution in [0.15, 0.2) is 18.3 Å². The number of rotatable bonds is 3. The van der Waals surface area contributed by atoms with Crippen LogP contribution in [0.5, 0.6) is 0 Å². The zero-order valence-electron chi connectivity index (χ0n) is 11.4. The molecular formula is C14H20N4O2. The third-order valence-corrected chi connectivity index (χ3v) is 3.97. The van der Waals surface area contributed by atoms with Crippen LogP contribution in [0.25, 0.3) is 0 Å². The Morgan fingerprint density at radius 3 is 3.35 bits per heavy atom. The highest BCUT2D eigenvalue weighted by atomic mass is 16.5. The molecule has 2 aliphatic heterocycles. The van der Waals surface area contributed by atoms with Crippen LogP contribution in [0.4, 0.5) is 5.69 Å². The van der Waals surface area contributed by atoms with Crippen molar-refractivity contribution in [1.82, 2.24) is 15.2 Å². The van der Waals surface area contributed by atoms with Crippen molar-refractivity contribution in [3.63, 3.8) is 0 Å². The highest BCUT2D eigenvalue weighted by molar-refractivity contribution is 5.92. The number of amides is 1. The van der Waals surface area contributed by atoms with Gasteiger partial charge in [-0.1, -0.05) is 0 Å². The van der Waals surface area contributed by atoms with Gasteiger partial charge in [0.25, 0.3) is 5.91 Å². The van der Waals surface area contributed by atoms with E-state index in [1.54, 1.807) is 12.1 Å². The summed E-state index contributed by atoms with van der Waals surface area (Å²) in [5.41, 5.74) is 6.53. The first-order chi connectivity index (χ1) is 9.72. The van der Waals surface area contributed by atoms with Gasteiger partial charge in [-0.05, 0) is 31.5 Å². The fourth-order valence-corrected chi connectivity index (χ4v) is 2.88. The zero-order chi connectivity index (χ0) is 13.9. The van der Waals surface area contributed by atoms with E-state index >= 15 is 0 Å². The lowest BCUT2D eigenvalue weighted by Gasteiger charge is -2.35. The number of morpholine rings is 1. The molecule has 6 heteroatoms. The molecule has 20 heavy (non-hydrogen) atoms. The summed E-state index contributed by atoms with van der Waals surface area (Å²) in [6, 6.07) is 3.82. The number of hydrogen-bond acceptors (Lipinski definition) is 5. The molecule has 0 saturated carbocycles. The highest BCUT2D eigenvalue weighted by Gasteiger charge is 2.32. The van der Waals surface area contributed by atoms with Crippen molar-refractivity contribution < 1.29 is 9.53 Å². The molecule has 0 bridgehead atoms. The van der Waals surface area contributed by atoms with E-state index in [1.807, 2.05) is 0 Å². The second-order valence-electron chi connectivity index (χ2n) is 5.43. The van der Waals surface area contributed by atoms with Gasteiger partial charge in [-0.25, -0.2) is 0 Å². The summed E-state index contributed by atoms with van der Waals surface area (Å²) >= 11 is 0. The SMILES string of the molecule is Nc1ccnc(C(=O)NCC2CN3CCCC3CO2)c1. The van der Waals surface area contributed by atoms with Crippen LogP contribution in [0.3, 0.4) is 0 Å². The van der Waals surface area contributed by atoms with Gasteiger partial charge < -0.3 is 15.8 Å². The number of carbonyl (C=O) groups is 1. The van der Waals surface area contributed by atoms with Crippen molar-refractivity contribution in [3.05, 3.63) is 24.0 Å². The Morgan fingerprint density at radius 1 is 1.60 bits per heavy atom. The summed E-state index contributed by atoms with van der Waals surface area (Å²) in [4.78, 5) is 18.4. The molecule has 3 rings (SSSR count). The zero-order valence-corrected chi connectivity index (χ0v) is 11.4.